The van der Waals surface area contributed by atoms with E-state index in [0.29, 0.717) is 22.6 Å². The minimum absolute atomic E-state index is 0.00980. The van der Waals surface area contributed by atoms with Crippen LogP contribution in [0.5, 0.6) is 5.75 Å². The molecule has 2 fully saturated rings. The molecule has 0 spiro atoms. The Labute approximate surface area is 137 Å². The van der Waals surface area contributed by atoms with Crippen molar-refractivity contribution in [1.82, 2.24) is 4.90 Å². The number of rotatable bonds is 3. The predicted molar refractivity (Wildman–Crippen MR) is 85.4 cm³/mol. The molecule has 1 amide bonds. The van der Waals surface area contributed by atoms with Gasteiger partial charge in [0.05, 0.1) is 5.02 Å². The van der Waals surface area contributed by atoms with E-state index in [4.69, 9.17) is 22.1 Å². The summed E-state index contributed by atoms with van der Waals surface area (Å²) in [5.74, 6) is 1.57. The van der Waals surface area contributed by atoms with Crippen molar-refractivity contribution < 1.29 is 9.53 Å². The number of carbonyl (C=O) groups is 1. The van der Waals surface area contributed by atoms with E-state index >= 15 is 0 Å². The van der Waals surface area contributed by atoms with E-state index in [1.54, 1.807) is 12.1 Å². The first-order valence-corrected chi connectivity index (χ1v) is 8.33. The van der Waals surface area contributed by atoms with Crippen LogP contribution >= 0.6 is 27.5 Å². The normalized spacial score (nSPS) is 27.8. The molecule has 4 nitrogen and oxygen atoms in total. The first-order valence-electron chi connectivity index (χ1n) is 7.16. The van der Waals surface area contributed by atoms with Crippen LogP contribution in [0.1, 0.15) is 12.8 Å². The average molecular weight is 374 g/mol. The van der Waals surface area contributed by atoms with Gasteiger partial charge in [-0.15, -0.1) is 0 Å². The van der Waals surface area contributed by atoms with Gasteiger partial charge in [0.2, 0.25) is 0 Å². The lowest BCUT2D eigenvalue weighted by Gasteiger charge is -2.19. The summed E-state index contributed by atoms with van der Waals surface area (Å²) >= 11 is 9.41. The van der Waals surface area contributed by atoms with E-state index in [2.05, 4.69) is 15.9 Å². The number of hydrogen-bond donors (Lipinski definition) is 1. The summed E-state index contributed by atoms with van der Waals surface area (Å²) in [7, 11) is 0. The highest BCUT2D eigenvalue weighted by atomic mass is 79.9. The summed E-state index contributed by atoms with van der Waals surface area (Å²) in [5, 5.41) is 0.498. The Morgan fingerprint density at radius 2 is 2.24 bits per heavy atom. The summed E-state index contributed by atoms with van der Waals surface area (Å²) in [6.07, 6.45) is 2.22. The standard InChI is InChI=1S/C15H18BrClN2O2/c16-10-2-4-14(12(17)5-10)21-8-15(20)19-6-9-1-3-13(18)11(9)7-19/h2,4-5,9,11,13H,1,3,6-8,18H2. The van der Waals surface area contributed by atoms with Crippen molar-refractivity contribution in [3.63, 3.8) is 0 Å². The summed E-state index contributed by atoms with van der Waals surface area (Å²) in [4.78, 5) is 14.1. The first kappa shape index (κ1) is 15.1. The molecule has 3 unspecified atom stereocenters. The topological polar surface area (TPSA) is 55.6 Å². The quantitative estimate of drug-likeness (QED) is 0.886. The molecule has 0 aromatic heterocycles. The molecule has 3 rings (SSSR count). The molecule has 1 aliphatic heterocycles. The molecule has 1 aliphatic carbocycles. The molecule has 1 aromatic carbocycles. The fraction of sp³-hybridized carbons (Fsp3) is 0.533. The predicted octanol–water partition coefficient (Wildman–Crippen LogP) is 2.68. The Morgan fingerprint density at radius 1 is 1.43 bits per heavy atom. The molecular formula is C15H18BrClN2O2. The second-order valence-corrected chi connectivity index (χ2v) is 7.15. The number of nitrogens with two attached hydrogens (primary N) is 1. The summed E-state index contributed by atoms with van der Waals surface area (Å²) < 4.78 is 6.42. The third-order valence-corrected chi connectivity index (χ3v) is 5.30. The summed E-state index contributed by atoms with van der Waals surface area (Å²) in [6, 6.07) is 5.59. The van der Waals surface area contributed by atoms with Gasteiger partial charge < -0.3 is 15.4 Å². The Hall–Kier alpha value is -0.780. The zero-order valence-corrected chi connectivity index (χ0v) is 13.9. The van der Waals surface area contributed by atoms with Crippen molar-refractivity contribution in [1.29, 1.82) is 0 Å². The summed E-state index contributed by atoms with van der Waals surface area (Å²) in [6.45, 7) is 1.60. The molecular weight excluding hydrogens is 356 g/mol. The van der Waals surface area contributed by atoms with Gasteiger partial charge in [0.25, 0.3) is 5.91 Å². The average Bonchev–Trinajstić information content (AvgIpc) is 3.00. The molecule has 1 aromatic rings. The van der Waals surface area contributed by atoms with E-state index in [0.717, 1.165) is 30.4 Å². The number of halogens is 2. The zero-order valence-electron chi connectivity index (χ0n) is 11.6. The van der Waals surface area contributed by atoms with Crippen LogP contribution in [0.2, 0.25) is 5.02 Å². The molecule has 2 N–H and O–H groups in total. The molecule has 1 heterocycles. The van der Waals surface area contributed by atoms with Crippen LogP contribution in [0.3, 0.4) is 0 Å². The van der Waals surface area contributed by atoms with Crippen LogP contribution in [0.15, 0.2) is 22.7 Å². The molecule has 0 bridgehead atoms. The molecule has 114 valence electrons. The van der Waals surface area contributed by atoms with Crippen LogP contribution in [-0.4, -0.2) is 36.5 Å². The molecule has 3 atom stereocenters. The largest absolute Gasteiger partial charge is 0.482 e. The Morgan fingerprint density at radius 3 is 2.95 bits per heavy atom. The lowest BCUT2D eigenvalue weighted by Crippen LogP contribution is -2.36. The van der Waals surface area contributed by atoms with Gasteiger partial charge in [-0.25, -0.2) is 0 Å². The van der Waals surface area contributed by atoms with E-state index in [9.17, 15) is 4.79 Å². The van der Waals surface area contributed by atoms with E-state index in [1.165, 1.54) is 0 Å². The van der Waals surface area contributed by atoms with Crippen LogP contribution in [0.4, 0.5) is 0 Å². The number of carbonyl (C=O) groups excluding carboxylic acids is 1. The molecule has 1 saturated heterocycles. The van der Waals surface area contributed by atoms with Crippen LogP contribution in [0.25, 0.3) is 0 Å². The minimum atomic E-state index is 0.00980. The Kier molecular flexibility index (Phi) is 4.43. The van der Waals surface area contributed by atoms with E-state index < -0.39 is 0 Å². The van der Waals surface area contributed by atoms with Gasteiger partial charge in [0, 0.05) is 23.6 Å². The Balaban J connectivity index is 1.55. The van der Waals surface area contributed by atoms with Crippen molar-refractivity contribution in [2.75, 3.05) is 19.7 Å². The van der Waals surface area contributed by atoms with Crippen molar-refractivity contribution in [2.45, 2.75) is 18.9 Å². The third kappa shape index (κ3) is 3.20. The van der Waals surface area contributed by atoms with Gasteiger partial charge in [-0.3, -0.25) is 4.79 Å². The van der Waals surface area contributed by atoms with Crippen LogP contribution < -0.4 is 10.5 Å². The lowest BCUT2D eigenvalue weighted by atomic mass is 9.98. The number of benzene rings is 1. The van der Waals surface area contributed by atoms with Gasteiger partial charge >= 0.3 is 0 Å². The van der Waals surface area contributed by atoms with Crippen molar-refractivity contribution in [3.8, 4) is 5.75 Å². The minimum Gasteiger partial charge on any atom is -0.482 e. The number of hydrogen-bond acceptors (Lipinski definition) is 3. The fourth-order valence-electron chi connectivity index (χ4n) is 3.33. The van der Waals surface area contributed by atoms with Crippen LogP contribution in [-0.2, 0) is 4.79 Å². The number of likely N-dealkylation sites (tertiary alicyclic amines) is 1. The molecule has 6 heteroatoms. The van der Waals surface area contributed by atoms with Gasteiger partial charge in [-0.1, -0.05) is 27.5 Å². The summed E-state index contributed by atoms with van der Waals surface area (Å²) in [5.41, 5.74) is 6.09. The smallest absolute Gasteiger partial charge is 0.260 e. The van der Waals surface area contributed by atoms with Crippen molar-refractivity contribution in [3.05, 3.63) is 27.7 Å². The molecule has 0 radical (unpaired) electrons. The highest BCUT2D eigenvalue weighted by Crippen LogP contribution is 2.37. The highest BCUT2D eigenvalue weighted by molar-refractivity contribution is 9.10. The van der Waals surface area contributed by atoms with E-state index in [-0.39, 0.29) is 18.6 Å². The van der Waals surface area contributed by atoms with Crippen molar-refractivity contribution in [2.24, 2.45) is 17.6 Å². The van der Waals surface area contributed by atoms with E-state index in [1.807, 2.05) is 11.0 Å². The number of amides is 1. The zero-order chi connectivity index (χ0) is 15.0. The number of fused-ring (bicyclic) bond motifs is 1. The second kappa shape index (κ2) is 6.15. The number of nitrogens with zero attached hydrogens (tertiary/aromatic N) is 1. The SMILES string of the molecule is NC1CCC2CN(C(=O)COc3ccc(Br)cc3Cl)CC12. The fourth-order valence-corrected chi connectivity index (χ4v) is 4.06. The van der Waals surface area contributed by atoms with Gasteiger partial charge in [0.15, 0.2) is 6.61 Å². The molecule has 2 aliphatic rings. The van der Waals surface area contributed by atoms with Crippen LogP contribution in [0, 0.1) is 11.8 Å². The third-order valence-electron chi connectivity index (χ3n) is 4.51. The number of ether oxygens (including phenoxy) is 1. The maximum Gasteiger partial charge on any atom is 0.260 e. The monoisotopic (exact) mass is 372 g/mol. The maximum absolute atomic E-state index is 12.2. The van der Waals surface area contributed by atoms with Gasteiger partial charge in [-0.2, -0.15) is 0 Å². The first-order chi connectivity index (χ1) is 10.0. The van der Waals surface area contributed by atoms with Crippen molar-refractivity contribution >= 4 is 33.4 Å². The Bertz CT molecular complexity index is 554. The second-order valence-electron chi connectivity index (χ2n) is 5.83. The molecule has 1 saturated carbocycles. The van der Waals surface area contributed by atoms with Gasteiger partial charge in [-0.05, 0) is 42.9 Å². The highest BCUT2D eigenvalue weighted by Gasteiger charge is 2.42. The van der Waals surface area contributed by atoms with Gasteiger partial charge in [0.1, 0.15) is 5.75 Å². The lowest BCUT2D eigenvalue weighted by molar-refractivity contribution is -0.132. The maximum atomic E-state index is 12.2. The molecule has 21 heavy (non-hydrogen) atoms.